The largest absolute Gasteiger partial charge is 0.414 e. The average molecular weight is 313 g/mol. The molecule has 3 nitrogen and oxygen atoms in total. The summed E-state index contributed by atoms with van der Waals surface area (Å²) in [4.78, 5) is 0. The van der Waals surface area contributed by atoms with Gasteiger partial charge in [-0.1, -0.05) is 45.1 Å². The van der Waals surface area contributed by atoms with Gasteiger partial charge in [0.1, 0.15) is 6.10 Å². The highest BCUT2D eigenvalue weighted by atomic mass is 28.4. The molecule has 0 spiro atoms. The maximum atomic E-state index is 8.72. The normalized spacial score (nSPS) is 22.8. The molecule has 0 saturated carbocycles. The van der Waals surface area contributed by atoms with Crippen LogP contribution in [0.3, 0.4) is 0 Å². The van der Waals surface area contributed by atoms with Crippen molar-refractivity contribution in [1.29, 1.82) is 0 Å². The number of unbranched alkanes of at least 4 members (excludes halogenated alkanes) is 1. The van der Waals surface area contributed by atoms with Crippen molar-refractivity contribution in [3.8, 4) is 0 Å². The quantitative estimate of drug-likeness (QED) is 0.302. The van der Waals surface area contributed by atoms with Gasteiger partial charge < -0.3 is 14.3 Å². The molecule has 0 bridgehead atoms. The summed E-state index contributed by atoms with van der Waals surface area (Å²) < 4.78 is 11.9. The molecule has 4 heteroatoms. The van der Waals surface area contributed by atoms with Crippen molar-refractivity contribution >= 4 is 8.32 Å². The highest BCUT2D eigenvalue weighted by molar-refractivity contribution is 6.74. The minimum Gasteiger partial charge on any atom is -0.414 e. The maximum Gasteiger partial charge on any atom is 0.192 e. The van der Waals surface area contributed by atoms with Gasteiger partial charge in [0.2, 0.25) is 0 Å². The molecule has 0 amide bonds. The molecule has 0 aromatic rings. The molecule has 1 heterocycles. The highest BCUT2D eigenvalue weighted by Crippen LogP contribution is 2.38. The third kappa shape index (κ3) is 6.47. The Bertz CT molecular complexity index is 369. The Hall–Kier alpha value is -0.423. The molecule has 1 saturated heterocycles. The van der Waals surface area contributed by atoms with E-state index in [0.29, 0.717) is 6.61 Å². The molecule has 2 atom stereocenters. The van der Waals surface area contributed by atoms with Gasteiger partial charge in [0.25, 0.3) is 0 Å². The predicted molar refractivity (Wildman–Crippen MR) is 91.0 cm³/mol. The van der Waals surface area contributed by atoms with Crippen molar-refractivity contribution in [2.45, 2.75) is 70.4 Å². The molecular weight excluding hydrogens is 280 g/mol. The molecule has 1 aliphatic rings. The summed E-state index contributed by atoms with van der Waals surface area (Å²) >= 11 is 0. The van der Waals surface area contributed by atoms with Gasteiger partial charge in [-0.3, -0.25) is 0 Å². The molecule has 122 valence electrons. The number of epoxide rings is 1. The Kier molecular flexibility index (Phi) is 6.85. The van der Waals surface area contributed by atoms with E-state index in [4.69, 9.17) is 14.3 Å². The van der Waals surface area contributed by atoms with Crippen molar-refractivity contribution in [2.24, 2.45) is 0 Å². The number of aliphatic hydroxyl groups is 1. The molecule has 1 N–H and O–H groups in total. The number of ether oxygens (including phenoxy) is 1. The minimum atomic E-state index is -1.67. The van der Waals surface area contributed by atoms with E-state index in [1.165, 1.54) is 0 Å². The van der Waals surface area contributed by atoms with Crippen LogP contribution in [0.25, 0.3) is 0 Å². The smallest absolute Gasteiger partial charge is 0.192 e. The van der Waals surface area contributed by atoms with Crippen molar-refractivity contribution in [3.05, 3.63) is 24.3 Å². The molecule has 21 heavy (non-hydrogen) atoms. The van der Waals surface area contributed by atoms with Gasteiger partial charge in [-0.05, 0) is 31.0 Å². The van der Waals surface area contributed by atoms with Crippen molar-refractivity contribution in [2.75, 3.05) is 13.2 Å². The van der Waals surface area contributed by atoms with Gasteiger partial charge in [-0.2, -0.15) is 0 Å². The van der Waals surface area contributed by atoms with E-state index in [0.717, 1.165) is 24.8 Å². The third-order valence-electron chi connectivity index (χ3n) is 4.45. The summed E-state index contributed by atoms with van der Waals surface area (Å²) in [5, 5.41) is 8.96. The lowest BCUT2D eigenvalue weighted by Crippen LogP contribution is -2.41. The second kappa shape index (κ2) is 7.72. The fraction of sp³-hybridized carbons (Fsp3) is 0.765. The first-order valence-electron chi connectivity index (χ1n) is 7.92. The SMILES string of the molecule is C=C(/C=C/CCCO)C[C@H]1O[C@@H]1CO[Si](C)(C)C(C)(C)C. The van der Waals surface area contributed by atoms with Crippen LogP contribution in [0.1, 0.15) is 40.0 Å². The van der Waals surface area contributed by atoms with Crippen LogP contribution >= 0.6 is 0 Å². The first kappa shape index (κ1) is 18.6. The van der Waals surface area contributed by atoms with Crippen LogP contribution in [0.4, 0.5) is 0 Å². The van der Waals surface area contributed by atoms with E-state index in [9.17, 15) is 0 Å². The Labute approximate surface area is 131 Å². The topological polar surface area (TPSA) is 42.0 Å². The molecule has 1 aliphatic heterocycles. The van der Waals surface area contributed by atoms with Crippen molar-refractivity contribution in [1.82, 2.24) is 0 Å². The van der Waals surface area contributed by atoms with Crippen LogP contribution < -0.4 is 0 Å². The monoisotopic (exact) mass is 312 g/mol. The van der Waals surface area contributed by atoms with Gasteiger partial charge in [-0.15, -0.1) is 0 Å². The summed E-state index contributed by atoms with van der Waals surface area (Å²) in [6.07, 6.45) is 7.21. The van der Waals surface area contributed by atoms with Gasteiger partial charge >= 0.3 is 0 Å². The van der Waals surface area contributed by atoms with Gasteiger partial charge in [0, 0.05) is 13.0 Å². The van der Waals surface area contributed by atoms with Gasteiger partial charge in [-0.25, -0.2) is 0 Å². The van der Waals surface area contributed by atoms with Crippen molar-refractivity contribution in [3.63, 3.8) is 0 Å². The Morgan fingerprint density at radius 2 is 2.00 bits per heavy atom. The van der Waals surface area contributed by atoms with E-state index in [1.54, 1.807) is 0 Å². The standard InChI is InChI=1S/C17H32O3Si/c1-14(10-8-7-9-11-18)12-15-16(20-15)13-19-21(5,6)17(2,3)4/h8,10,15-16,18H,1,7,9,11-13H2,2-6H3/b10-8+/t15-,16-/m1/s1. The fourth-order valence-corrected chi connectivity index (χ4v) is 2.81. The van der Waals surface area contributed by atoms with Gasteiger partial charge in [0.15, 0.2) is 8.32 Å². The molecule has 1 fully saturated rings. The molecule has 0 aromatic carbocycles. The summed E-state index contributed by atoms with van der Waals surface area (Å²) in [5.41, 5.74) is 1.09. The summed E-state index contributed by atoms with van der Waals surface area (Å²) in [6, 6.07) is 0. The van der Waals surface area contributed by atoms with Crippen molar-refractivity contribution < 1.29 is 14.3 Å². The first-order valence-corrected chi connectivity index (χ1v) is 10.8. The average Bonchev–Trinajstić information content (AvgIpc) is 3.09. The van der Waals surface area contributed by atoms with E-state index in [-0.39, 0.29) is 23.9 Å². The maximum absolute atomic E-state index is 8.72. The molecule has 0 aromatic heterocycles. The molecule has 1 rings (SSSR count). The number of hydrogen-bond donors (Lipinski definition) is 1. The molecular formula is C17H32O3Si. The summed E-state index contributed by atoms with van der Waals surface area (Å²) in [5.74, 6) is 0. The van der Waals surface area contributed by atoms with Crippen LogP contribution in [0.2, 0.25) is 18.1 Å². The Morgan fingerprint density at radius 3 is 2.57 bits per heavy atom. The van der Waals surface area contributed by atoms with Crippen LogP contribution in [0.15, 0.2) is 24.3 Å². The second-order valence-corrected chi connectivity index (χ2v) is 12.2. The zero-order valence-corrected chi connectivity index (χ0v) is 15.3. The first-order chi connectivity index (χ1) is 9.67. The highest BCUT2D eigenvalue weighted by Gasteiger charge is 2.43. The molecule has 0 unspecified atom stereocenters. The summed E-state index contributed by atoms with van der Waals surface area (Å²) in [6.45, 7) is 16.3. The van der Waals surface area contributed by atoms with Crippen LogP contribution in [-0.2, 0) is 9.16 Å². The second-order valence-electron chi connectivity index (χ2n) is 7.41. The molecule has 0 radical (unpaired) electrons. The van der Waals surface area contributed by atoms with Crippen LogP contribution in [0, 0.1) is 0 Å². The zero-order chi connectivity index (χ0) is 16.1. The van der Waals surface area contributed by atoms with Crippen LogP contribution in [0.5, 0.6) is 0 Å². The Balaban J connectivity index is 2.23. The number of allylic oxidation sites excluding steroid dienone is 2. The van der Waals surface area contributed by atoms with Gasteiger partial charge in [0.05, 0.1) is 12.7 Å². The minimum absolute atomic E-state index is 0.238. The Morgan fingerprint density at radius 1 is 1.33 bits per heavy atom. The fourth-order valence-electron chi connectivity index (χ4n) is 1.80. The number of hydrogen-bond acceptors (Lipinski definition) is 3. The number of aliphatic hydroxyl groups excluding tert-OH is 1. The van der Waals surface area contributed by atoms with Crippen LogP contribution in [-0.4, -0.2) is 38.8 Å². The van der Waals surface area contributed by atoms with E-state index in [1.807, 2.05) is 6.08 Å². The predicted octanol–water partition coefficient (Wildman–Crippen LogP) is 4.05. The lowest BCUT2D eigenvalue weighted by atomic mass is 10.1. The summed E-state index contributed by atoms with van der Waals surface area (Å²) in [7, 11) is -1.67. The lowest BCUT2D eigenvalue weighted by Gasteiger charge is -2.36. The number of rotatable bonds is 9. The third-order valence-corrected chi connectivity index (χ3v) is 8.95. The zero-order valence-electron chi connectivity index (χ0n) is 14.3. The van der Waals surface area contributed by atoms with E-state index < -0.39 is 8.32 Å². The lowest BCUT2D eigenvalue weighted by molar-refractivity contribution is 0.241. The van der Waals surface area contributed by atoms with E-state index >= 15 is 0 Å². The molecule has 0 aliphatic carbocycles. The van der Waals surface area contributed by atoms with E-state index in [2.05, 4.69) is 46.5 Å².